The molecule has 0 radical (unpaired) electrons. The standard InChI is InChI=1S/C19H29BrO/c1-4-5-6-7-8-9-10-17(20)15-11-12-18-16(13-15)14-19(2,3)21-18/h11-13,17H,4-10,14H2,1-3H3. The average molecular weight is 353 g/mol. The predicted molar refractivity (Wildman–Crippen MR) is 94.5 cm³/mol. The summed E-state index contributed by atoms with van der Waals surface area (Å²) in [6.45, 7) is 6.59. The monoisotopic (exact) mass is 352 g/mol. The number of unbranched alkanes of at least 4 members (excludes halogenated alkanes) is 5. The van der Waals surface area contributed by atoms with E-state index in [-0.39, 0.29) is 5.60 Å². The normalized spacial score (nSPS) is 17.3. The highest BCUT2D eigenvalue weighted by molar-refractivity contribution is 9.09. The van der Waals surface area contributed by atoms with E-state index in [0.29, 0.717) is 4.83 Å². The molecule has 1 aliphatic heterocycles. The molecule has 21 heavy (non-hydrogen) atoms. The first-order valence-electron chi connectivity index (χ1n) is 8.48. The molecule has 1 nitrogen and oxygen atoms in total. The van der Waals surface area contributed by atoms with Crippen LogP contribution in [0.5, 0.6) is 5.75 Å². The molecule has 0 saturated heterocycles. The molecule has 1 unspecified atom stereocenters. The quantitative estimate of drug-likeness (QED) is 0.378. The van der Waals surface area contributed by atoms with E-state index in [1.165, 1.54) is 56.1 Å². The van der Waals surface area contributed by atoms with Crippen molar-refractivity contribution in [3.05, 3.63) is 29.3 Å². The maximum absolute atomic E-state index is 5.95. The molecule has 118 valence electrons. The van der Waals surface area contributed by atoms with Gasteiger partial charge in [-0.05, 0) is 37.5 Å². The Hall–Kier alpha value is -0.500. The highest BCUT2D eigenvalue weighted by Crippen LogP contribution is 2.38. The molecule has 1 aromatic rings. The van der Waals surface area contributed by atoms with Crippen molar-refractivity contribution < 1.29 is 4.74 Å². The van der Waals surface area contributed by atoms with Crippen LogP contribution in [0.4, 0.5) is 0 Å². The second kappa shape index (κ2) is 7.67. The van der Waals surface area contributed by atoms with Gasteiger partial charge in [0.2, 0.25) is 0 Å². The fourth-order valence-electron chi connectivity index (χ4n) is 3.09. The number of benzene rings is 1. The fourth-order valence-corrected chi connectivity index (χ4v) is 3.70. The molecule has 0 saturated carbocycles. The molecule has 0 spiro atoms. The molecular formula is C19H29BrO. The zero-order chi connectivity index (χ0) is 15.3. The average Bonchev–Trinajstić information content (AvgIpc) is 2.75. The number of hydrogen-bond donors (Lipinski definition) is 0. The Morgan fingerprint density at radius 3 is 2.62 bits per heavy atom. The largest absolute Gasteiger partial charge is 0.487 e. The van der Waals surface area contributed by atoms with Crippen molar-refractivity contribution in [2.75, 3.05) is 0 Å². The number of alkyl halides is 1. The zero-order valence-electron chi connectivity index (χ0n) is 13.8. The molecule has 0 N–H and O–H groups in total. The number of ether oxygens (including phenoxy) is 1. The lowest BCUT2D eigenvalue weighted by atomic mass is 9.98. The van der Waals surface area contributed by atoms with Crippen LogP contribution in [-0.2, 0) is 6.42 Å². The fraction of sp³-hybridized carbons (Fsp3) is 0.684. The van der Waals surface area contributed by atoms with Gasteiger partial charge in [-0.3, -0.25) is 0 Å². The van der Waals surface area contributed by atoms with E-state index in [1.54, 1.807) is 0 Å². The third-order valence-corrected chi connectivity index (χ3v) is 5.25. The summed E-state index contributed by atoms with van der Waals surface area (Å²) in [6, 6.07) is 6.70. The third kappa shape index (κ3) is 5.02. The SMILES string of the molecule is CCCCCCCCC(Br)c1ccc2c(c1)CC(C)(C)O2. The van der Waals surface area contributed by atoms with Crippen LogP contribution < -0.4 is 4.74 Å². The van der Waals surface area contributed by atoms with Crippen LogP contribution in [0.15, 0.2) is 18.2 Å². The van der Waals surface area contributed by atoms with Gasteiger partial charge in [0.05, 0.1) is 0 Å². The number of rotatable bonds is 8. The maximum Gasteiger partial charge on any atom is 0.123 e. The van der Waals surface area contributed by atoms with Gasteiger partial charge in [0.1, 0.15) is 11.4 Å². The van der Waals surface area contributed by atoms with Gasteiger partial charge in [0.15, 0.2) is 0 Å². The van der Waals surface area contributed by atoms with E-state index in [4.69, 9.17) is 4.74 Å². The smallest absolute Gasteiger partial charge is 0.123 e. The number of fused-ring (bicyclic) bond motifs is 1. The second-order valence-corrected chi connectivity index (χ2v) is 8.03. The summed E-state index contributed by atoms with van der Waals surface area (Å²) >= 11 is 3.86. The van der Waals surface area contributed by atoms with Gasteiger partial charge in [-0.1, -0.05) is 73.5 Å². The lowest BCUT2D eigenvalue weighted by Crippen LogP contribution is -2.24. The van der Waals surface area contributed by atoms with E-state index in [1.807, 2.05) is 0 Å². The molecule has 0 aliphatic carbocycles. The molecular weight excluding hydrogens is 324 g/mol. The molecule has 1 aromatic carbocycles. The Morgan fingerprint density at radius 1 is 1.14 bits per heavy atom. The van der Waals surface area contributed by atoms with Gasteiger partial charge in [0, 0.05) is 11.2 Å². The first-order chi connectivity index (χ1) is 10.0. The second-order valence-electron chi connectivity index (χ2n) is 6.93. The number of halogens is 1. The zero-order valence-corrected chi connectivity index (χ0v) is 15.3. The van der Waals surface area contributed by atoms with Crippen molar-refractivity contribution in [1.29, 1.82) is 0 Å². The van der Waals surface area contributed by atoms with Crippen LogP contribution in [0.2, 0.25) is 0 Å². The van der Waals surface area contributed by atoms with Gasteiger partial charge in [0.25, 0.3) is 0 Å². The molecule has 1 heterocycles. The minimum atomic E-state index is -0.0396. The Morgan fingerprint density at radius 2 is 1.86 bits per heavy atom. The third-order valence-electron chi connectivity index (χ3n) is 4.26. The summed E-state index contributed by atoms with van der Waals surface area (Å²) < 4.78 is 5.95. The van der Waals surface area contributed by atoms with Gasteiger partial charge in [-0.2, -0.15) is 0 Å². The van der Waals surface area contributed by atoms with E-state index < -0.39 is 0 Å². The molecule has 0 amide bonds. The summed E-state index contributed by atoms with van der Waals surface area (Å²) in [5.74, 6) is 1.07. The number of hydrogen-bond acceptors (Lipinski definition) is 1. The van der Waals surface area contributed by atoms with E-state index in [9.17, 15) is 0 Å². The van der Waals surface area contributed by atoms with E-state index >= 15 is 0 Å². The first kappa shape index (κ1) is 16.9. The van der Waals surface area contributed by atoms with Crippen molar-refractivity contribution >= 4 is 15.9 Å². The van der Waals surface area contributed by atoms with Crippen LogP contribution in [0.25, 0.3) is 0 Å². The Bertz CT molecular complexity index is 453. The lowest BCUT2D eigenvalue weighted by Gasteiger charge is -2.16. The first-order valence-corrected chi connectivity index (χ1v) is 9.39. The van der Waals surface area contributed by atoms with Crippen molar-refractivity contribution in [2.24, 2.45) is 0 Å². The van der Waals surface area contributed by atoms with Crippen LogP contribution in [-0.4, -0.2) is 5.60 Å². The van der Waals surface area contributed by atoms with Crippen molar-refractivity contribution in [3.63, 3.8) is 0 Å². The molecule has 1 atom stereocenters. The van der Waals surface area contributed by atoms with Crippen molar-refractivity contribution in [3.8, 4) is 5.75 Å². The predicted octanol–water partition coefficient (Wildman–Crippen LogP) is 6.59. The van der Waals surface area contributed by atoms with Crippen LogP contribution >= 0.6 is 15.9 Å². The molecule has 0 bridgehead atoms. The van der Waals surface area contributed by atoms with Gasteiger partial charge in [-0.25, -0.2) is 0 Å². The van der Waals surface area contributed by atoms with Gasteiger partial charge < -0.3 is 4.74 Å². The summed E-state index contributed by atoms with van der Waals surface area (Å²) in [5.41, 5.74) is 2.73. The summed E-state index contributed by atoms with van der Waals surface area (Å²) in [7, 11) is 0. The maximum atomic E-state index is 5.95. The molecule has 0 aromatic heterocycles. The highest BCUT2D eigenvalue weighted by atomic mass is 79.9. The minimum Gasteiger partial charge on any atom is -0.487 e. The van der Waals surface area contributed by atoms with Crippen LogP contribution in [0.3, 0.4) is 0 Å². The topological polar surface area (TPSA) is 9.23 Å². The summed E-state index contributed by atoms with van der Waals surface area (Å²) in [5, 5.41) is 0. The summed E-state index contributed by atoms with van der Waals surface area (Å²) in [4.78, 5) is 0.484. The van der Waals surface area contributed by atoms with E-state index in [0.717, 1.165) is 12.2 Å². The Kier molecular flexibility index (Phi) is 6.16. The van der Waals surface area contributed by atoms with Gasteiger partial charge >= 0.3 is 0 Å². The highest BCUT2D eigenvalue weighted by Gasteiger charge is 2.30. The summed E-state index contributed by atoms with van der Waals surface area (Å²) in [6.07, 6.45) is 10.4. The van der Waals surface area contributed by atoms with Crippen LogP contribution in [0.1, 0.15) is 81.7 Å². The molecule has 2 rings (SSSR count). The molecule has 2 heteroatoms. The van der Waals surface area contributed by atoms with E-state index in [2.05, 4.69) is 54.9 Å². The Labute approximate surface area is 138 Å². The molecule has 0 fully saturated rings. The van der Waals surface area contributed by atoms with Crippen molar-refractivity contribution in [2.45, 2.75) is 82.6 Å². The molecule has 1 aliphatic rings. The lowest BCUT2D eigenvalue weighted by molar-refractivity contribution is 0.138. The van der Waals surface area contributed by atoms with Crippen molar-refractivity contribution in [1.82, 2.24) is 0 Å². The van der Waals surface area contributed by atoms with Gasteiger partial charge in [-0.15, -0.1) is 0 Å². The minimum absolute atomic E-state index is 0.0396. The van der Waals surface area contributed by atoms with Crippen LogP contribution in [0, 0.1) is 0 Å². The Balaban J connectivity index is 1.80.